The van der Waals surface area contributed by atoms with Crippen molar-refractivity contribution < 1.29 is 24.2 Å². The van der Waals surface area contributed by atoms with Gasteiger partial charge in [-0.25, -0.2) is 4.79 Å². The fraction of sp³-hybridized carbons (Fsp3) is 0.583. The van der Waals surface area contributed by atoms with Gasteiger partial charge in [-0.05, 0) is 65.4 Å². The number of carbonyl (C=O) groups excluding carboxylic acids is 3. The van der Waals surface area contributed by atoms with E-state index in [9.17, 15) is 19.5 Å². The third-order valence-corrected chi connectivity index (χ3v) is 7.67. The van der Waals surface area contributed by atoms with Crippen LogP contribution in [0.1, 0.15) is 82.1 Å². The van der Waals surface area contributed by atoms with E-state index in [2.05, 4.69) is 37.0 Å². The van der Waals surface area contributed by atoms with Crippen molar-refractivity contribution in [1.82, 2.24) is 5.32 Å². The minimum atomic E-state index is -0.809. The molecule has 0 aromatic heterocycles. The molecule has 240 valence electrons. The van der Waals surface area contributed by atoms with Gasteiger partial charge in [0.1, 0.15) is 11.9 Å². The van der Waals surface area contributed by atoms with Crippen LogP contribution in [0.25, 0.3) is 0 Å². The van der Waals surface area contributed by atoms with Gasteiger partial charge in [0.25, 0.3) is 0 Å². The van der Waals surface area contributed by atoms with Gasteiger partial charge in [-0.3, -0.25) is 9.59 Å². The number of Topliss-reactive ketones (excluding diaryl/α,β-unsaturated/α-hetero) is 1. The minimum Gasteiger partial charge on any atom is -0.454 e. The number of ether oxygens (including phenoxy) is 1. The van der Waals surface area contributed by atoms with Gasteiger partial charge in [-0.1, -0.05) is 87.8 Å². The van der Waals surface area contributed by atoms with Crippen molar-refractivity contribution in [3.8, 4) is 0 Å². The Morgan fingerprint density at radius 1 is 1.09 bits per heavy atom. The molecule has 0 aromatic rings. The van der Waals surface area contributed by atoms with E-state index in [1.807, 2.05) is 85.8 Å². The maximum Gasteiger partial charge on any atom is 0.331 e. The predicted octanol–water partition coefficient (Wildman–Crippen LogP) is 7.13. The smallest absolute Gasteiger partial charge is 0.331 e. The van der Waals surface area contributed by atoms with Crippen LogP contribution in [-0.2, 0) is 19.1 Å². The first-order valence-electron chi connectivity index (χ1n) is 15.4. The Hall–Kier alpha value is -2.64. The second-order valence-electron chi connectivity index (χ2n) is 13.1. The van der Waals surface area contributed by atoms with Gasteiger partial charge in [0, 0.05) is 41.2 Å². The number of aliphatic hydroxyl groups excluding tert-OH is 1. The number of aliphatic hydroxyl groups is 1. The molecular weight excluding hydrogens is 558 g/mol. The zero-order valence-electron chi connectivity index (χ0n) is 27.9. The molecule has 0 bridgehead atoms. The van der Waals surface area contributed by atoms with Crippen LogP contribution >= 0.6 is 12.6 Å². The van der Waals surface area contributed by atoms with Crippen LogP contribution in [0.2, 0.25) is 0 Å². The molecule has 1 aliphatic rings. The van der Waals surface area contributed by atoms with Gasteiger partial charge < -0.3 is 15.2 Å². The van der Waals surface area contributed by atoms with Crippen molar-refractivity contribution in [2.45, 2.75) is 99.0 Å². The second-order valence-corrected chi connectivity index (χ2v) is 14.3. The Balaban J connectivity index is 2.63. The highest BCUT2D eigenvalue weighted by Crippen LogP contribution is 2.24. The number of carbonyl (C=O) groups is 3. The van der Waals surface area contributed by atoms with Gasteiger partial charge in [-0.2, -0.15) is 12.6 Å². The zero-order chi connectivity index (χ0) is 32.9. The highest BCUT2D eigenvalue weighted by Gasteiger charge is 2.29. The number of nitrogens with one attached hydrogen (secondary N) is 1. The number of hydrogen-bond donors (Lipinski definition) is 3. The summed E-state index contributed by atoms with van der Waals surface area (Å²) in [5, 5.41) is 13.8. The van der Waals surface area contributed by atoms with Gasteiger partial charge in [-0.15, -0.1) is 0 Å². The molecule has 0 saturated heterocycles. The molecule has 0 spiro atoms. The van der Waals surface area contributed by atoms with Crippen molar-refractivity contribution in [2.75, 3.05) is 6.54 Å². The predicted molar refractivity (Wildman–Crippen MR) is 181 cm³/mol. The average molecular weight is 614 g/mol. The van der Waals surface area contributed by atoms with Crippen molar-refractivity contribution in [3.63, 3.8) is 0 Å². The molecule has 1 rings (SSSR count). The highest BCUT2D eigenvalue weighted by molar-refractivity contribution is 7.81. The normalized spacial score (nSPS) is 22.3. The van der Waals surface area contributed by atoms with E-state index in [-0.39, 0.29) is 46.3 Å². The summed E-state index contributed by atoms with van der Waals surface area (Å²) in [6.07, 6.45) is 17.4. The second kappa shape index (κ2) is 18.2. The summed E-state index contributed by atoms with van der Waals surface area (Å²) >= 11 is 4.42. The largest absolute Gasteiger partial charge is 0.454 e. The van der Waals surface area contributed by atoms with Crippen LogP contribution < -0.4 is 5.32 Å². The fourth-order valence-corrected chi connectivity index (χ4v) is 5.08. The fourth-order valence-electron chi connectivity index (χ4n) is 5.00. The zero-order valence-corrected chi connectivity index (χ0v) is 28.8. The van der Waals surface area contributed by atoms with E-state index in [0.29, 0.717) is 18.9 Å². The Labute approximate surface area is 265 Å². The highest BCUT2D eigenvalue weighted by atomic mass is 32.1. The van der Waals surface area contributed by atoms with Crippen molar-refractivity contribution in [1.29, 1.82) is 0 Å². The van der Waals surface area contributed by atoms with Crippen molar-refractivity contribution in [3.05, 3.63) is 71.4 Å². The van der Waals surface area contributed by atoms with Crippen LogP contribution in [-0.4, -0.2) is 46.3 Å². The number of amides is 1. The van der Waals surface area contributed by atoms with E-state index in [0.717, 1.165) is 23.1 Å². The van der Waals surface area contributed by atoms with Gasteiger partial charge in [0.15, 0.2) is 0 Å². The third kappa shape index (κ3) is 15.6. The molecule has 2 N–H and O–H groups in total. The monoisotopic (exact) mass is 613 g/mol. The molecule has 1 amide bonds. The van der Waals surface area contributed by atoms with Gasteiger partial charge in [0.2, 0.25) is 5.91 Å². The average Bonchev–Trinajstić information content (AvgIpc) is 2.90. The lowest BCUT2D eigenvalue weighted by molar-refractivity contribution is -0.143. The number of rotatable bonds is 16. The lowest BCUT2D eigenvalue weighted by atomic mass is 9.83. The van der Waals surface area contributed by atoms with E-state index >= 15 is 0 Å². The molecule has 0 aliphatic carbocycles. The molecule has 7 heteroatoms. The molecule has 1 aliphatic heterocycles. The lowest BCUT2D eigenvalue weighted by Crippen LogP contribution is -2.34. The van der Waals surface area contributed by atoms with E-state index in [1.54, 1.807) is 13.0 Å². The first-order chi connectivity index (χ1) is 19.9. The molecule has 1 heterocycles. The standard InChI is InChI=1S/C36H55NO5S/c1-23(18-25(3)14-16-31-27(5)15-17-33(39)42-31)12-11-13-24(2)19-28(6)34(40)30(8)35(41)29(7)20-26(4)21-32(38)37-22-36(9,10)43/h11,13-19,21,23,27-31,35,41,43H,12,20,22H2,1-10H3,(H,37,38)/b13-11+,16-14+,24-19+,25-18-,26-21+/t23-,27+,28-,29?,30-,31+,35-/m1/s1. The molecule has 0 saturated carbocycles. The molecule has 0 fully saturated rings. The molecule has 7 atom stereocenters. The summed E-state index contributed by atoms with van der Waals surface area (Å²) in [6, 6.07) is 0. The number of esters is 1. The van der Waals surface area contributed by atoms with E-state index in [4.69, 9.17) is 4.74 Å². The lowest BCUT2D eigenvalue weighted by Gasteiger charge is -2.26. The minimum absolute atomic E-state index is 0.00495. The van der Waals surface area contributed by atoms with Crippen LogP contribution in [0.15, 0.2) is 71.4 Å². The first-order valence-corrected chi connectivity index (χ1v) is 15.8. The maximum absolute atomic E-state index is 13.1. The topological polar surface area (TPSA) is 92.7 Å². The third-order valence-electron chi connectivity index (χ3n) is 7.51. The number of hydrogen-bond acceptors (Lipinski definition) is 6. The number of cyclic esters (lactones) is 1. The summed E-state index contributed by atoms with van der Waals surface area (Å²) in [6.45, 7) is 19.9. The first kappa shape index (κ1) is 38.4. The summed E-state index contributed by atoms with van der Waals surface area (Å²) in [5.74, 6) is -1.05. The Morgan fingerprint density at radius 3 is 2.35 bits per heavy atom. The Bertz CT molecular complexity index is 1140. The van der Waals surface area contributed by atoms with E-state index < -0.39 is 12.0 Å². The number of allylic oxidation sites excluding steroid dienone is 8. The summed E-state index contributed by atoms with van der Waals surface area (Å²) in [7, 11) is 0. The Morgan fingerprint density at radius 2 is 1.72 bits per heavy atom. The maximum atomic E-state index is 13.1. The van der Waals surface area contributed by atoms with Crippen LogP contribution in [0.5, 0.6) is 0 Å². The molecule has 0 radical (unpaired) electrons. The SMILES string of the molecule is CC(=C/[C@H](C)C/C=C/C(C)=C/[C@@H](C)C(=O)[C@@H](C)[C@H](O)C(C)C/C(C)=C/C(=O)NCC(C)(C)S)/C=C/[C@@H]1OC(=O)C=C[C@@H]1C. The van der Waals surface area contributed by atoms with Gasteiger partial charge in [0.05, 0.1) is 6.10 Å². The molecule has 43 heavy (non-hydrogen) atoms. The van der Waals surface area contributed by atoms with Crippen LogP contribution in [0.4, 0.5) is 0 Å². The van der Waals surface area contributed by atoms with Gasteiger partial charge >= 0.3 is 5.97 Å². The quantitative estimate of drug-likeness (QED) is 0.0745. The molecular formula is C36H55NO5S. The molecule has 0 aromatic carbocycles. The van der Waals surface area contributed by atoms with Crippen molar-refractivity contribution >= 4 is 30.3 Å². The molecule has 6 nitrogen and oxygen atoms in total. The van der Waals surface area contributed by atoms with Crippen molar-refractivity contribution in [2.24, 2.45) is 29.6 Å². The summed E-state index contributed by atoms with van der Waals surface area (Å²) < 4.78 is 5.07. The number of ketones is 1. The van der Waals surface area contributed by atoms with E-state index in [1.165, 1.54) is 6.08 Å². The summed E-state index contributed by atoms with van der Waals surface area (Å²) in [4.78, 5) is 36.8. The molecule has 1 unspecified atom stereocenters. The summed E-state index contributed by atoms with van der Waals surface area (Å²) in [5.41, 5.74) is 2.96. The Kier molecular flexibility index (Phi) is 16.3. The number of thiol groups is 1. The van der Waals surface area contributed by atoms with Crippen LogP contribution in [0, 0.1) is 29.6 Å². The van der Waals surface area contributed by atoms with Crippen LogP contribution in [0.3, 0.4) is 0 Å².